The maximum Gasteiger partial charge on any atom is 0.257 e. The molecule has 0 bridgehead atoms. The summed E-state index contributed by atoms with van der Waals surface area (Å²) in [6.07, 6.45) is 0. The highest BCUT2D eigenvalue weighted by Gasteiger charge is 2.15. The predicted molar refractivity (Wildman–Crippen MR) is 117 cm³/mol. The third kappa shape index (κ3) is 4.93. The van der Waals surface area contributed by atoms with Gasteiger partial charge in [0.2, 0.25) is 11.7 Å². The number of ether oxygens (including phenoxy) is 1. The minimum atomic E-state index is -0.376. The second-order valence-electron chi connectivity index (χ2n) is 6.43. The van der Waals surface area contributed by atoms with Crippen LogP contribution in [0.5, 0.6) is 5.75 Å². The fraction of sp³-hybridized carbons (Fsp3) is 0.0952. The molecular formula is C21H18N6O3S. The molecule has 10 heteroatoms. The van der Waals surface area contributed by atoms with E-state index in [1.165, 1.54) is 16.1 Å². The normalized spacial score (nSPS) is 10.5. The van der Waals surface area contributed by atoms with Crippen molar-refractivity contribution in [3.05, 3.63) is 70.9 Å². The van der Waals surface area contributed by atoms with Crippen LogP contribution in [-0.4, -0.2) is 39.1 Å². The largest absolute Gasteiger partial charge is 0.497 e. The zero-order chi connectivity index (χ0) is 21.6. The molecule has 0 spiro atoms. The van der Waals surface area contributed by atoms with E-state index in [4.69, 9.17) is 4.74 Å². The molecule has 156 valence electrons. The minimum Gasteiger partial charge on any atom is -0.497 e. The highest BCUT2D eigenvalue weighted by Crippen LogP contribution is 2.20. The Morgan fingerprint density at radius 1 is 1.06 bits per heavy atom. The van der Waals surface area contributed by atoms with Gasteiger partial charge in [0.15, 0.2) is 0 Å². The van der Waals surface area contributed by atoms with Crippen LogP contribution in [0.2, 0.25) is 0 Å². The highest BCUT2D eigenvalue weighted by molar-refractivity contribution is 7.08. The molecule has 9 nitrogen and oxygen atoms in total. The van der Waals surface area contributed by atoms with Crippen LogP contribution >= 0.6 is 11.3 Å². The molecule has 2 heterocycles. The number of carbonyl (C=O) groups is 2. The average Bonchev–Trinajstić information content (AvgIpc) is 3.46. The summed E-state index contributed by atoms with van der Waals surface area (Å²) in [7, 11) is 1.57. The zero-order valence-corrected chi connectivity index (χ0v) is 17.3. The Morgan fingerprint density at radius 3 is 2.61 bits per heavy atom. The number of benzene rings is 2. The summed E-state index contributed by atoms with van der Waals surface area (Å²) in [5.41, 5.74) is 2.17. The van der Waals surface area contributed by atoms with Crippen LogP contribution in [0.4, 0.5) is 11.4 Å². The first-order chi connectivity index (χ1) is 15.1. The van der Waals surface area contributed by atoms with Crippen molar-refractivity contribution in [3.63, 3.8) is 0 Å². The second-order valence-corrected chi connectivity index (χ2v) is 7.21. The van der Waals surface area contributed by atoms with Crippen molar-refractivity contribution >= 4 is 34.5 Å². The van der Waals surface area contributed by atoms with Gasteiger partial charge in [-0.05, 0) is 53.1 Å². The molecule has 4 rings (SSSR count). The predicted octanol–water partition coefficient (Wildman–Crippen LogP) is 3.30. The smallest absolute Gasteiger partial charge is 0.257 e. The zero-order valence-electron chi connectivity index (χ0n) is 16.5. The van der Waals surface area contributed by atoms with Gasteiger partial charge in [0.25, 0.3) is 5.91 Å². The van der Waals surface area contributed by atoms with E-state index < -0.39 is 0 Å². The van der Waals surface area contributed by atoms with Gasteiger partial charge >= 0.3 is 0 Å². The molecule has 31 heavy (non-hydrogen) atoms. The number of hydrogen-bond acceptors (Lipinski definition) is 7. The van der Waals surface area contributed by atoms with Gasteiger partial charge in [-0.2, -0.15) is 16.1 Å². The van der Waals surface area contributed by atoms with E-state index in [0.717, 1.165) is 5.56 Å². The van der Waals surface area contributed by atoms with Gasteiger partial charge in [0.05, 0.1) is 18.4 Å². The van der Waals surface area contributed by atoms with E-state index in [0.29, 0.717) is 28.5 Å². The second kappa shape index (κ2) is 9.18. The standard InChI is InChI=1S/C21H18N6O3S/c1-30-16-8-6-15(7-9-16)22-21(29)17-4-2-3-5-18(17)23-19(28)12-27-25-20(24-26-27)14-10-11-31-13-14/h2-11,13H,12H2,1H3,(H,22,29)(H,23,28). The number of amides is 2. The molecule has 2 aromatic carbocycles. The lowest BCUT2D eigenvalue weighted by Gasteiger charge is -2.11. The maximum atomic E-state index is 12.7. The maximum absolute atomic E-state index is 12.7. The van der Waals surface area contributed by atoms with E-state index in [1.807, 2.05) is 16.8 Å². The van der Waals surface area contributed by atoms with Crippen LogP contribution < -0.4 is 15.4 Å². The van der Waals surface area contributed by atoms with Crippen molar-refractivity contribution < 1.29 is 14.3 Å². The summed E-state index contributed by atoms with van der Waals surface area (Å²) < 4.78 is 5.12. The number of hydrogen-bond donors (Lipinski definition) is 2. The van der Waals surface area contributed by atoms with Crippen molar-refractivity contribution in [3.8, 4) is 17.1 Å². The van der Waals surface area contributed by atoms with Gasteiger partial charge in [-0.1, -0.05) is 12.1 Å². The molecule has 2 N–H and O–H groups in total. The molecule has 0 atom stereocenters. The van der Waals surface area contributed by atoms with Crippen molar-refractivity contribution in [1.29, 1.82) is 0 Å². The lowest BCUT2D eigenvalue weighted by atomic mass is 10.1. The average molecular weight is 434 g/mol. The van der Waals surface area contributed by atoms with E-state index in [1.54, 1.807) is 55.6 Å². The SMILES string of the molecule is COc1ccc(NC(=O)c2ccccc2NC(=O)Cn2nnc(-c3ccsc3)n2)cc1. The van der Waals surface area contributed by atoms with Gasteiger partial charge in [0.1, 0.15) is 12.3 Å². The molecule has 0 radical (unpaired) electrons. The molecule has 2 amide bonds. The van der Waals surface area contributed by atoms with Gasteiger partial charge in [0, 0.05) is 16.6 Å². The number of nitrogens with one attached hydrogen (secondary N) is 2. The summed E-state index contributed by atoms with van der Waals surface area (Å²) in [5.74, 6) is 0.418. The molecule has 4 aromatic rings. The number of para-hydroxylation sites is 1. The van der Waals surface area contributed by atoms with Gasteiger partial charge < -0.3 is 15.4 Å². The number of tetrazole rings is 1. The lowest BCUT2D eigenvalue weighted by Crippen LogP contribution is -2.22. The van der Waals surface area contributed by atoms with Crippen molar-refractivity contribution in [2.75, 3.05) is 17.7 Å². The molecule has 0 aliphatic carbocycles. The quantitative estimate of drug-likeness (QED) is 0.462. The number of carbonyl (C=O) groups excluding carboxylic acids is 2. The minimum absolute atomic E-state index is 0.133. The molecule has 2 aromatic heterocycles. The van der Waals surface area contributed by atoms with E-state index in [-0.39, 0.29) is 18.4 Å². The van der Waals surface area contributed by atoms with E-state index >= 15 is 0 Å². The monoisotopic (exact) mass is 434 g/mol. The molecule has 0 fully saturated rings. The lowest BCUT2D eigenvalue weighted by molar-refractivity contribution is -0.117. The molecular weight excluding hydrogens is 416 g/mol. The summed E-state index contributed by atoms with van der Waals surface area (Å²) in [4.78, 5) is 26.4. The molecule has 0 aliphatic rings. The van der Waals surface area contributed by atoms with Crippen molar-refractivity contribution in [1.82, 2.24) is 20.2 Å². The third-order valence-corrected chi connectivity index (χ3v) is 4.99. The molecule has 0 unspecified atom stereocenters. The number of rotatable bonds is 7. The van der Waals surface area contributed by atoms with Gasteiger partial charge in [-0.25, -0.2) is 0 Å². The first-order valence-electron chi connectivity index (χ1n) is 9.27. The summed E-state index contributed by atoms with van der Waals surface area (Å²) in [6, 6.07) is 15.6. The molecule has 0 saturated heterocycles. The van der Waals surface area contributed by atoms with Crippen LogP contribution in [0.15, 0.2) is 65.4 Å². The first kappa shape index (κ1) is 20.2. The number of anilines is 2. The van der Waals surface area contributed by atoms with Crippen LogP contribution in [-0.2, 0) is 11.3 Å². The topological polar surface area (TPSA) is 111 Å². The number of methoxy groups -OCH3 is 1. The Morgan fingerprint density at radius 2 is 1.87 bits per heavy atom. The van der Waals surface area contributed by atoms with Crippen LogP contribution in [0.1, 0.15) is 10.4 Å². The fourth-order valence-corrected chi connectivity index (χ4v) is 3.43. The summed E-state index contributed by atoms with van der Waals surface area (Å²) in [6.45, 7) is -0.133. The Kier molecular flexibility index (Phi) is 5.99. The van der Waals surface area contributed by atoms with Crippen LogP contribution in [0, 0.1) is 0 Å². The van der Waals surface area contributed by atoms with Gasteiger partial charge in [-0.15, -0.1) is 10.2 Å². The van der Waals surface area contributed by atoms with Gasteiger partial charge in [-0.3, -0.25) is 9.59 Å². The van der Waals surface area contributed by atoms with Crippen LogP contribution in [0.25, 0.3) is 11.4 Å². The first-order valence-corrected chi connectivity index (χ1v) is 10.2. The van der Waals surface area contributed by atoms with E-state index in [9.17, 15) is 9.59 Å². The Labute approximate surface area is 181 Å². The summed E-state index contributed by atoms with van der Waals surface area (Å²) >= 11 is 1.53. The highest BCUT2D eigenvalue weighted by atomic mass is 32.1. The van der Waals surface area contributed by atoms with E-state index in [2.05, 4.69) is 26.0 Å². The molecule has 0 aliphatic heterocycles. The number of aromatic nitrogens is 4. The fourth-order valence-electron chi connectivity index (χ4n) is 2.80. The summed E-state index contributed by atoms with van der Waals surface area (Å²) in [5, 5.41) is 21.4. The Hall–Kier alpha value is -4.05. The number of nitrogens with zero attached hydrogens (tertiary/aromatic N) is 4. The van der Waals surface area contributed by atoms with Crippen molar-refractivity contribution in [2.24, 2.45) is 0 Å². The Balaban J connectivity index is 1.43. The molecule has 0 saturated carbocycles. The van der Waals surface area contributed by atoms with Crippen LogP contribution in [0.3, 0.4) is 0 Å². The van der Waals surface area contributed by atoms with Crippen molar-refractivity contribution in [2.45, 2.75) is 6.54 Å². The Bertz CT molecular complexity index is 1190. The number of thiophene rings is 1. The third-order valence-electron chi connectivity index (χ3n) is 4.31.